The monoisotopic (exact) mass is 341 g/mol. The lowest BCUT2D eigenvalue weighted by Gasteiger charge is -2.14. The first-order valence-corrected chi connectivity index (χ1v) is 8.00. The SMILES string of the molecule is COc1ccc(OC)c(/C=C/C(=O)Nc2ccccc2OC(C)C)c1. The molecule has 1 amide bonds. The van der Waals surface area contributed by atoms with E-state index in [1.54, 1.807) is 44.6 Å². The maximum atomic E-state index is 12.3. The van der Waals surface area contributed by atoms with Gasteiger partial charge in [-0.3, -0.25) is 4.79 Å². The smallest absolute Gasteiger partial charge is 0.248 e. The van der Waals surface area contributed by atoms with E-state index in [9.17, 15) is 4.79 Å². The van der Waals surface area contributed by atoms with Gasteiger partial charge in [0.1, 0.15) is 17.2 Å². The molecule has 0 spiro atoms. The van der Waals surface area contributed by atoms with E-state index in [4.69, 9.17) is 14.2 Å². The van der Waals surface area contributed by atoms with Crippen LogP contribution in [-0.4, -0.2) is 26.2 Å². The van der Waals surface area contributed by atoms with Gasteiger partial charge >= 0.3 is 0 Å². The van der Waals surface area contributed by atoms with E-state index in [1.165, 1.54) is 6.08 Å². The van der Waals surface area contributed by atoms with Gasteiger partial charge in [-0.2, -0.15) is 0 Å². The highest BCUT2D eigenvalue weighted by atomic mass is 16.5. The van der Waals surface area contributed by atoms with Gasteiger partial charge in [-0.05, 0) is 50.3 Å². The number of anilines is 1. The highest BCUT2D eigenvalue weighted by Gasteiger charge is 2.08. The van der Waals surface area contributed by atoms with Crippen molar-refractivity contribution in [3.05, 3.63) is 54.1 Å². The summed E-state index contributed by atoms with van der Waals surface area (Å²) in [6.45, 7) is 3.88. The molecule has 0 radical (unpaired) electrons. The quantitative estimate of drug-likeness (QED) is 0.769. The lowest BCUT2D eigenvalue weighted by atomic mass is 10.1. The standard InChI is InChI=1S/C20H23NO4/c1-14(2)25-19-8-6-5-7-17(19)21-20(22)12-9-15-13-16(23-3)10-11-18(15)24-4/h5-14H,1-4H3,(H,21,22)/b12-9+. The van der Waals surface area contributed by atoms with E-state index in [0.717, 1.165) is 5.56 Å². The molecule has 1 N–H and O–H groups in total. The van der Waals surface area contributed by atoms with Crippen LogP contribution < -0.4 is 19.5 Å². The molecule has 132 valence electrons. The summed E-state index contributed by atoms with van der Waals surface area (Å²) >= 11 is 0. The molecule has 0 unspecified atom stereocenters. The van der Waals surface area contributed by atoms with Crippen LogP contribution in [0.3, 0.4) is 0 Å². The summed E-state index contributed by atoms with van der Waals surface area (Å²) in [6.07, 6.45) is 3.15. The van der Waals surface area contributed by atoms with Gasteiger partial charge < -0.3 is 19.5 Å². The topological polar surface area (TPSA) is 56.8 Å². The number of ether oxygens (including phenoxy) is 3. The normalized spacial score (nSPS) is 10.8. The molecule has 0 saturated carbocycles. The molecule has 25 heavy (non-hydrogen) atoms. The molecule has 0 aliphatic carbocycles. The number of carbonyl (C=O) groups is 1. The summed E-state index contributed by atoms with van der Waals surface area (Å²) in [6, 6.07) is 12.7. The number of carbonyl (C=O) groups excluding carboxylic acids is 1. The Labute approximate surface area is 148 Å². The average molecular weight is 341 g/mol. The van der Waals surface area contributed by atoms with Crippen LogP contribution in [0.4, 0.5) is 5.69 Å². The van der Waals surface area contributed by atoms with Crippen LogP contribution in [0.25, 0.3) is 6.08 Å². The third-order valence-electron chi connectivity index (χ3n) is 3.36. The summed E-state index contributed by atoms with van der Waals surface area (Å²) in [5.41, 5.74) is 1.38. The van der Waals surface area contributed by atoms with Crippen LogP contribution in [-0.2, 0) is 4.79 Å². The predicted molar refractivity (Wildman–Crippen MR) is 99.4 cm³/mol. The lowest BCUT2D eigenvalue weighted by molar-refractivity contribution is -0.111. The van der Waals surface area contributed by atoms with Gasteiger partial charge in [-0.25, -0.2) is 0 Å². The summed E-state index contributed by atoms with van der Waals surface area (Å²) in [7, 11) is 3.17. The zero-order valence-electron chi connectivity index (χ0n) is 14.9. The first-order chi connectivity index (χ1) is 12.0. The van der Waals surface area contributed by atoms with Gasteiger partial charge in [-0.15, -0.1) is 0 Å². The number of methoxy groups -OCH3 is 2. The fourth-order valence-corrected chi connectivity index (χ4v) is 2.24. The molecule has 0 atom stereocenters. The van der Waals surface area contributed by atoms with Crippen molar-refractivity contribution in [3.8, 4) is 17.2 Å². The first-order valence-electron chi connectivity index (χ1n) is 8.00. The highest BCUT2D eigenvalue weighted by Crippen LogP contribution is 2.26. The summed E-state index contributed by atoms with van der Waals surface area (Å²) < 4.78 is 16.2. The molecule has 0 fully saturated rings. The summed E-state index contributed by atoms with van der Waals surface area (Å²) in [4.78, 5) is 12.3. The van der Waals surface area contributed by atoms with Crippen molar-refractivity contribution in [1.82, 2.24) is 0 Å². The number of para-hydroxylation sites is 2. The largest absolute Gasteiger partial charge is 0.497 e. The van der Waals surface area contributed by atoms with Gasteiger partial charge in [0.2, 0.25) is 5.91 Å². The molecule has 0 aliphatic rings. The first kappa shape index (κ1) is 18.4. The van der Waals surface area contributed by atoms with E-state index in [2.05, 4.69) is 5.32 Å². The van der Waals surface area contributed by atoms with Crippen LogP contribution in [0.5, 0.6) is 17.2 Å². The Morgan fingerprint density at radius 3 is 2.48 bits per heavy atom. The molecule has 0 aliphatic heterocycles. The Morgan fingerprint density at radius 1 is 1.04 bits per heavy atom. The minimum Gasteiger partial charge on any atom is -0.497 e. The Balaban J connectivity index is 2.14. The van der Waals surface area contributed by atoms with Gasteiger partial charge in [0.15, 0.2) is 0 Å². The maximum Gasteiger partial charge on any atom is 0.248 e. The van der Waals surface area contributed by atoms with E-state index in [0.29, 0.717) is 22.9 Å². The van der Waals surface area contributed by atoms with E-state index < -0.39 is 0 Å². The number of hydrogen-bond donors (Lipinski definition) is 1. The van der Waals surface area contributed by atoms with Crippen LogP contribution >= 0.6 is 0 Å². The zero-order valence-corrected chi connectivity index (χ0v) is 14.9. The Morgan fingerprint density at radius 2 is 1.80 bits per heavy atom. The predicted octanol–water partition coefficient (Wildman–Crippen LogP) is 4.14. The van der Waals surface area contributed by atoms with Crippen molar-refractivity contribution in [2.45, 2.75) is 20.0 Å². The lowest BCUT2D eigenvalue weighted by Crippen LogP contribution is -2.12. The number of hydrogen-bond acceptors (Lipinski definition) is 4. The number of rotatable bonds is 7. The molecule has 0 bridgehead atoms. The second kappa shape index (κ2) is 8.78. The second-order valence-electron chi connectivity index (χ2n) is 5.59. The van der Waals surface area contributed by atoms with Crippen molar-refractivity contribution >= 4 is 17.7 Å². The van der Waals surface area contributed by atoms with E-state index in [1.807, 2.05) is 32.0 Å². The van der Waals surface area contributed by atoms with Crippen LogP contribution in [0.2, 0.25) is 0 Å². The third-order valence-corrected chi connectivity index (χ3v) is 3.36. The summed E-state index contributed by atoms with van der Waals surface area (Å²) in [5, 5.41) is 2.83. The molecule has 2 aromatic carbocycles. The van der Waals surface area contributed by atoms with Gasteiger partial charge in [0, 0.05) is 11.6 Å². The zero-order chi connectivity index (χ0) is 18.2. The van der Waals surface area contributed by atoms with Crippen molar-refractivity contribution in [1.29, 1.82) is 0 Å². The minimum absolute atomic E-state index is 0.0228. The van der Waals surface area contributed by atoms with Crippen molar-refractivity contribution < 1.29 is 19.0 Å². The molecule has 0 saturated heterocycles. The number of benzene rings is 2. The average Bonchev–Trinajstić information content (AvgIpc) is 2.61. The molecule has 5 nitrogen and oxygen atoms in total. The Hall–Kier alpha value is -2.95. The second-order valence-corrected chi connectivity index (χ2v) is 5.59. The minimum atomic E-state index is -0.260. The van der Waals surface area contributed by atoms with Crippen LogP contribution in [0.1, 0.15) is 19.4 Å². The van der Waals surface area contributed by atoms with E-state index in [-0.39, 0.29) is 12.0 Å². The molecular formula is C20H23NO4. The molecular weight excluding hydrogens is 318 g/mol. The molecule has 2 rings (SSSR count). The third kappa shape index (κ3) is 5.28. The number of nitrogens with one attached hydrogen (secondary N) is 1. The van der Waals surface area contributed by atoms with Crippen molar-refractivity contribution in [2.24, 2.45) is 0 Å². The fourth-order valence-electron chi connectivity index (χ4n) is 2.24. The maximum absolute atomic E-state index is 12.3. The van der Waals surface area contributed by atoms with Crippen LogP contribution in [0.15, 0.2) is 48.5 Å². The highest BCUT2D eigenvalue weighted by molar-refractivity contribution is 6.03. The Kier molecular flexibility index (Phi) is 6.46. The van der Waals surface area contributed by atoms with Crippen molar-refractivity contribution in [2.75, 3.05) is 19.5 Å². The van der Waals surface area contributed by atoms with Crippen LogP contribution in [0, 0.1) is 0 Å². The Bertz CT molecular complexity index is 753. The molecule has 0 aromatic heterocycles. The van der Waals surface area contributed by atoms with Crippen molar-refractivity contribution in [3.63, 3.8) is 0 Å². The molecule has 2 aromatic rings. The number of amides is 1. The molecule has 0 heterocycles. The van der Waals surface area contributed by atoms with E-state index >= 15 is 0 Å². The van der Waals surface area contributed by atoms with Gasteiger partial charge in [0.25, 0.3) is 0 Å². The fraction of sp³-hybridized carbons (Fsp3) is 0.250. The van der Waals surface area contributed by atoms with Gasteiger partial charge in [0.05, 0.1) is 26.0 Å². The molecule has 5 heteroatoms. The van der Waals surface area contributed by atoms with Gasteiger partial charge in [-0.1, -0.05) is 12.1 Å². The summed E-state index contributed by atoms with van der Waals surface area (Å²) in [5.74, 6) is 1.73.